The fraction of sp³-hybridized carbons (Fsp3) is 0.600. The van der Waals surface area contributed by atoms with Gasteiger partial charge in [-0.05, 0) is 26.0 Å². The van der Waals surface area contributed by atoms with Gasteiger partial charge >= 0.3 is 0 Å². The molecule has 0 bridgehead atoms. The minimum atomic E-state index is -0.631. The smallest absolute Gasteiger partial charge is 0.245 e. The Balaban J connectivity index is 2.62. The van der Waals surface area contributed by atoms with Crippen molar-refractivity contribution < 1.29 is 4.79 Å². The predicted molar refractivity (Wildman–Crippen MR) is 57.9 cm³/mol. The highest BCUT2D eigenvalue weighted by Crippen LogP contribution is 2.27. The molecule has 0 aromatic carbocycles. The number of hydrogen-bond donors (Lipinski definition) is 1. The maximum absolute atomic E-state index is 11.4. The second-order valence-corrected chi connectivity index (χ2v) is 4.81. The lowest BCUT2D eigenvalue weighted by atomic mass is 10.0. The summed E-state index contributed by atoms with van der Waals surface area (Å²) in [5.41, 5.74) is 0.314. The quantitative estimate of drug-likeness (QED) is 0.702. The number of nitriles is 1. The minimum Gasteiger partial charge on any atom is -0.333 e. The molecular weight excluding hydrogens is 196 g/mol. The van der Waals surface area contributed by atoms with E-state index in [4.69, 9.17) is 5.26 Å². The van der Waals surface area contributed by atoms with Crippen molar-refractivity contribution in [3.8, 4) is 6.07 Å². The number of allylic oxidation sites excluding steroid dienone is 1. The van der Waals surface area contributed by atoms with Gasteiger partial charge in [-0.1, -0.05) is 5.57 Å². The van der Waals surface area contributed by atoms with E-state index in [1.54, 1.807) is 11.8 Å². The fourth-order valence-corrected chi connectivity index (χ4v) is 2.58. The zero-order chi connectivity index (χ0) is 10.6. The Bertz CT molecular complexity index is 294. The molecule has 0 saturated carbocycles. The highest BCUT2D eigenvalue weighted by molar-refractivity contribution is 7.99. The van der Waals surface area contributed by atoms with E-state index >= 15 is 0 Å². The van der Waals surface area contributed by atoms with Gasteiger partial charge in [-0.3, -0.25) is 4.79 Å². The molecule has 76 valence electrons. The third kappa shape index (κ3) is 2.78. The van der Waals surface area contributed by atoms with E-state index in [2.05, 4.69) is 11.4 Å². The van der Waals surface area contributed by atoms with Crippen molar-refractivity contribution in [2.24, 2.45) is 0 Å². The Morgan fingerprint density at radius 1 is 1.64 bits per heavy atom. The lowest BCUT2D eigenvalue weighted by Gasteiger charge is -2.20. The van der Waals surface area contributed by atoms with Crippen molar-refractivity contribution in [2.45, 2.75) is 25.8 Å². The maximum atomic E-state index is 11.4. The summed E-state index contributed by atoms with van der Waals surface area (Å²) >= 11 is 1.71. The number of hydrogen-bond acceptors (Lipinski definition) is 3. The van der Waals surface area contributed by atoms with Gasteiger partial charge < -0.3 is 5.32 Å². The molecule has 1 amide bonds. The van der Waals surface area contributed by atoms with E-state index in [1.807, 2.05) is 13.8 Å². The number of nitrogens with zero attached hydrogens (tertiary/aromatic N) is 1. The molecule has 1 N–H and O–H groups in total. The van der Waals surface area contributed by atoms with E-state index in [-0.39, 0.29) is 5.91 Å². The number of nitrogens with one attached hydrogen (secondary N) is 1. The SMILES string of the molecule is CC(C)=CC(=O)NC1(C#N)CCSC1. The molecule has 1 saturated heterocycles. The summed E-state index contributed by atoms with van der Waals surface area (Å²) < 4.78 is 0. The molecule has 0 radical (unpaired) electrons. The van der Waals surface area contributed by atoms with Crippen LogP contribution >= 0.6 is 11.8 Å². The van der Waals surface area contributed by atoms with Gasteiger partial charge in [0.25, 0.3) is 0 Å². The molecule has 1 atom stereocenters. The molecule has 0 spiro atoms. The number of amides is 1. The maximum Gasteiger partial charge on any atom is 0.245 e. The third-order valence-electron chi connectivity index (χ3n) is 2.02. The van der Waals surface area contributed by atoms with E-state index in [0.29, 0.717) is 5.75 Å². The van der Waals surface area contributed by atoms with E-state index < -0.39 is 5.54 Å². The molecule has 1 fully saturated rings. The average molecular weight is 210 g/mol. The summed E-state index contributed by atoms with van der Waals surface area (Å²) in [5, 5.41) is 11.8. The van der Waals surface area contributed by atoms with Crippen LogP contribution in [0.3, 0.4) is 0 Å². The van der Waals surface area contributed by atoms with Gasteiger partial charge in [-0.15, -0.1) is 0 Å². The fourth-order valence-electron chi connectivity index (χ4n) is 1.31. The Morgan fingerprint density at radius 2 is 2.36 bits per heavy atom. The van der Waals surface area contributed by atoms with Crippen LogP contribution < -0.4 is 5.32 Å². The number of carbonyl (C=O) groups is 1. The summed E-state index contributed by atoms with van der Waals surface area (Å²) in [6.45, 7) is 3.73. The van der Waals surface area contributed by atoms with Crippen LogP contribution in [0.2, 0.25) is 0 Å². The van der Waals surface area contributed by atoms with Crippen LogP contribution in [-0.4, -0.2) is 23.0 Å². The minimum absolute atomic E-state index is 0.158. The van der Waals surface area contributed by atoms with Crippen LogP contribution in [0.4, 0.5) is 0 Å². The van der Waals surface area contributed by atoms with E-state index in [9.17, 15) is 4.79 Å². The van der Waals surface area contributed by atoms with Crippen molar-refractivity contribution in [1.29, 1.82) is 5.26 Å². The lowest BCUT2D eigenvalue weighted by Crippen LogP contribution is -2.46. The van der Waals surface area contributed by atoms with Crippen molar-refractivity contribution in [3.63, 3.8) is 0 Å². The first-order valence-electron chi connectivity index (χ1n) is 4.54. The summed E-state index contributed by atoms with van der Waals surface area (Å²) in [6.07, 6.45) is 2.28. The molecule has 1 aliphatic heterocycles. The van der Waals surface area contributed by atoms with E-state index in [1.165, 1.54) is 6.08 Å². The first kappa shape index (κ1) is 11.1. The van der Waals surface area contributed by atoms with Gasteiger partial charge in [0.05, 0.1) is 6.07 Å². The molecule has 3 nitrogen and oxygen atoms in total. The van der Waals surface area contributed by atoms with Crippen molar-refractivity contribution in [1.82, 2.24) is 5.32 Å². The highest BCUT2D eigenvalue weighted by Gasteiger charge is 2.35. The Hall–Kier alpha value is -0.950. The van der Waals surface area contributed by atoms with Gasteiger partial charge in [0.2, 0.25) is 5.91 Å². The molecule has 1 unspecified atom stereocenters. The molecule has 1 rings (SSSR count). The molecule has 0 aromatic heterocycles. The number of carbonyl (C=O) groups excluding carboxylic acids is 1. The predicted octanol–water partition coefficient (Wildman–Crippen LogP) is 1.47. The molecular formula is C10H14N2OS. The summed E-state index contributed by atoms with van der Waals surface area (Å²) in [7, 11) is 0. The Labute approximate surface area is 88.6 Å². The van der Waals surface area contributed by atoms with E-state index in [0.717, 1.165) is 17.7 Å². The summed E-state index contributed by atoms with van der Waals surface area (Å²) in [5.74, 6) is 1.49. The summed E-state index contributed by atoms with van der Waals surface area (Å²) in [6, 6.07) is 2.20. The van der Waals surface area contributed by atoms with Gasteiger partial charge in [0, 0.05) is 11.8 Å². The van der Waals surface area contributed by atoms with Crippen LogP contribution in [0.15, 0.2) is 11.6 Å². The molecule has 4 heteroatoms. The lowest BCUT2D eigenvalue weighted by molar-refractivity contribution is -0.117. The second-order valence-electron chi connectivity index (χ2n) is 3.71. The first-order chi connectivity index (χ1) is 6.58. The monoisotopic (exact) mass is 210 g/mol. The topological polar surface area (TPSA) is 52.9 Å². The van der Waals surface area contributed by atoms with Gasteiger partial charge in [-0.2, -0.15) is 17.0 Å². The average Bonchev–Trinajstić information content (AvgIpc) is 2.52. The Kier molecular flexibility index (Phi) is 3.59. The van der Waals surface area contributed by atoms with Gasteiger partial charge in [0.15, 0.2) is 0 Å². The Morgan fingerprint density at radius 3 is 2.79 bits per heavy atom. The zero-order valence-corrected chi connectivity index (χ0v) is 9.28. The molecule has 1 heterocycles. The molecule has 0 aliphatic carbocycles. The van der Waals surface area contributed by atoms with Crippen molar-refractivity contribution in [2.75, 3.05) is 11.5 Å². The number of thioether (sulfide) groups is 1. The van der Waals surface area contributed by atoms with Crippen molar-refractivity contribution >= 4 is 17.7 Å². The number of rotatable bonds is 2. The van der Waals surface area contributed by atoms with Crippen molar-refractivity contribution in [3.05, 3.63) is 11.6 Å². The molecule has 14 heavy (non-hydrogen) atoms. The summed E-state index contributed by atoms with van der Waals surface area (Å²) in [4.78, 5) is 11.4. The second kappa shape index (κ2) is 4.52. The van der Waals surface area contributed by atoms with Crippen LogP contribution in [0.5, 0.6) is 0 Å². The third-order valence-corrected chi connectivity index (χ3v) is 3.21. The first-order valence-corrected chi connectivity index (χ1v) is 5.69. The standard InChI is InChI=1S/C10H14N2OS/c1-8(2)5-9(13)12-10(6-11)3-4-14-7-10/h5H,3-4,7H2,1-2H3,(H,12,13). The van der Waals surface area contributed by atoms with Gasteiger partial charge in [0.1, 0.15) is 5.54 Å². The van der Waals surface area contributed by atoms with Crippen LogP contribution in [0, 0.1) is 11.3 Å². The zero-order valence-electron chi connectivity index (χ0n) is 8.46. The highest BCUT2D eigenvalue weighted by atomic mass is 32.2. The molecule has 0 aromatic rings. The normalized spacial score (nSPS) is 25.2. The largest absolute Gasteiger partial charge is 0.333 e. The molecule has 1 aliphatic rings. The van der Waals surface area contributed by atoms with Crippen LogP contribution in [-0.2, 0) is 4.79 Å². The van der Waals surface area contributed by atoms with Crippen LogP contribution in [0.25, 0.3) is 0 Å². The van der Waals surface area contributed by atoms with Crippen LogP contribution in [0.1, 0.15) is 20.3 Å². The van der Waals surface area contributed by atoms with Gasteiger partial charge in [-0.25, -0.2) is 0 Å².